The van der Waals surface area contributed by atoms with Crippen LogP contribution < -0.4 is 5.73 Å². The number of phenolic OH excluding ortho intramolecular Hbond substituents is 1. The maximum Gasteiger partial charge on any atom is 0.145 e. The SMILES string of the molecule is Cc1cc(C)c(-c2cc(N)n[nH]2)c(O)c1C. The fraction of sp³-hybridized carbons (Fsp3) is 0.250. The normalized spacial score (nSPS) is 10.7. The van der Waals surface area contributed by atoms with E-state index < -0.39 is 0 Å². The minimum Gasteiger partial charge on any atom is -0.507 e. The quantitative estimate of drug-likeness (QED) is 0.686. The summed E-state index contributed by atoms with van der Waals surface area (Å²) in [4.78, 5) is 0. The van der Waals surface area contributed by atoms with E-state index in [1.54, 1.807) is 6.07 Å². The zero-order valence-electron chi connectivity index (χ0n) is 9.63. The van der Waals surface area contributed by atoms with E-state index in [0.29, 0.717) is 11.6 Å². The van der Waals surface area contributed by atoms with Crippen LogP contribution in [0.25, 0.3) is 11.3 Å². The molecule has 4 N–H and O–H groups in total. The van der Waals surface area contributed by atoms with Gasteiger partial charge in [-0.25, -0.2) is 0 Å². The van der Waals surface area contributed by atoms with Gasteiger partial charge < -0.3 is 10.8 Å². The first-order chi connectivity index (χ1) is 7.50. The Morgan fingerprint density at radius 2 is 1.88 bits per heavy atom. The first-order valence-corrected chi connectivity index (χ1v) is 5.11. The molecule has 2 aromatic rings. The van der Waals surface area contributed by atoms with Crippen LogP contribution in [0.2, 0.25) is 0 Å². The van der Waals surface area contributed by atoms with Gasteiger partial charge in [0.2, 0.25) is 0 Å². The van der Waals surface area contributed by atoms with Gasteiger partial charge in [0.15, 0.2) is 0 Å². The van der Waals surface area contributed by atoms with Gasteiger partial charge in [-0.2, -0.15) is 5.10 Å². The molecule has 0 fully saturated rings. The first kappa shape index (κ1) is 10.5. The van der Waals surface area contributed by atoms with E-state index in [9.17, 15) is 5.11 Å². The Bertz CT molecular complexity index is 543. The number of nitrogens with two attached hydrogens (primary N) is 1. The molecule has 0 radical (unpaired) electrons. The lowest BCUT2D eigenvalue weighted by Crippen LogP contribution is -1.91. The van der Waals surface area contributed by atoms with Crippen molar-refractivity contribution < 1.29 is 5.11 Å². The first-order valence-electron chi connectivity index (χ1n) is 5.11. The molecule has 0 saturated carbocycles. The summed E-state index contributed by atoms with van der Waals surface area (Å²) in [5.41, 5.74) is 10.0. The zero-order valence-corrected chi connectivity index (χ0v) is 9.63. The second kappa shape index (κ2) is 3.56. The van der Waals surface area contributed by atoms with Gasteiger partial charge in [-0.15, -0.1) is 0 Å². The average Bonchev–Trinajstić information content (AvgIpc) is 2.61. The van der Waals surface area contributed by atoms with Crippen LogP contribution >= 0.6 is 0 Å². The smallest absolute Gasteiger partial charge is 0.145 e. The number of hydrogen-bond acceptors (Lipinski definition) is 3. The maximum absolute atomic E-state index is 10.1. The fourth-order valence-electron chi connectivity index (χ4n) is 1.87. The van der Waals surface area contributed by atoms with Crippen molar-refractivity contribution in [1.29, 1.82) is 0 Å². The van der Waals surface area contributed by atoms with E-state index in [-0.39, 0.29) is 0 Å². The molecule has 4 heteroatoms. The molecule has 0 aliphatic heterocycles. The van der Waals surface area contributed by atoms with Crippen molar-refractivity contribution >= 4 is 5.82 Å². The molecule has 0 spiro atoms. The molecule has 0 aliphatic rings. The van der Waals surface area contributed by atoms with Crippen molar-refractivity contribution in [2.24, 2.45) is 0 Å². The van der Waals surface area contributed by atoms with Crippen molar-refractivity contribution in [2.45, 2.75) is 20.8 Å². The number of nitrogens with one attached hydrogen (secondary N) is 1. The molecule has 0 saturated heterocycles. The van der Waals surface area contributed by atoms with Gasteiger partial charge >= 0.3 is 0 Å². The minimum absolute atomic E-state index is 0.293. The number of aromatic amines is 1. The van der Waals surface area contributed by atoms with Gasteiger partial charge in [0.05, 0.1) is 5.69 Å². The third kappa shape index (κ3) is 1.52. The summed E-state index contributed by atoms with van der Waals surface area (Å²) < 4.78 is 0. The van der Waals surface area contributed by atoms with E-state index in [0.717, 1.165) is 27.9 Å². The number of H-pyrrole nitrogens is 1. The molecule has 0 atom stereocenters. The van der Waals surface area contributed by atoms with E-state index in [1.807, 2.05) is 26.8 Å². The molecule has 4 nitrogen and oxygen atoms in total. The summed E-state index contributed by atoms with van der Waals surface area (Å²) in [5, 5.41) is 16.8. The molecule has 0 aliphatic carbocycles. The van der Waals surface area contributed by atoms with Gasteiger partial charge in [-0.05, 0) is 37.5 Å². The van der Waals surface area contributed by atoms with Crippen LogP contribution in [0.3, 0.4) is 0 Å². The van der Waals surface area contributed by atoms with E-state index in [1.165, 1.54) is 0 Å². The Balaban J connectivity index is 2.70. The highest BCUT2D eigenvalue weighted by Crippen LogP contribution is 2.36. The summed E-state index contributed by atoms with van der Waals surface area (Å²) in [6.07, 6.45) is 0. The largest absolute Gasteiger partial charge is 0.507 e. The Morgan fingerprint density at radius 1 is 1.19 bits per heavy atom. The number of phenols is 1. The van der Waals surface area contributed by atoms with Gasteiger partial charge in [0, 0.05) is 11.6 Å². The van der Waals surface area contributed by atoms with Crippen molar-refractivity contribution in [3.8, 4) is 17.0 Å². The number of aromatic hydroxyl groups is 1. The van der Waals surface area contributed by atoms with Crippen molar-refractivity contribution in [3.05, 3.63) is 28.8 Å². The molecule has 0 bridgehead atoms. The number of aromatic nitrogens is 2. The van der Waals surface area contributed by atoms with Crippen LogP contribution in [-0.2, 0) is 0 Å². The van der Waals surface area contributed by atoms with Crippen molar-refractivity contribution in [1.82, 2.24) is 10.2 Å². The topological polar surface area (TPSA) is 74.9 Å². The fourth-order valence-corrected chi connectivity index (χ4v) is 1.87. The molecule has 2 rings (SSSR count). The molecule has 16 heavy (non-hydrogen) atoms. The number of nitrogen functional groups attached to an aromatic ring is 1. The third-order valence-corrected chi connectivity index (χ3v) is 2.88. The van der Waals surface area contributed by atoms with Crippen LogP contribution in [0.4, 0.5) is 5.82 Å². The highest BCUT2D eigenvalue weighted by molar-refractivity contribution is 5.74. The highest BCUT2D eigenvalue weighted by atomic mass is 16.3. The van der Waals surface area contributed by atoms with Gasteiger partial charge in [-0.1, -0.05) is 6.07 Å². The molecule has 1 heterocycles. The van der Waals surface area contributed by atoms with Crippen molar-refractivity contribution in [3.63, 3.8) is 0 Å². The van der Waals surface area contributed by atoms with Gasteiger partial charge in [-0.3, -0.25) is 5.10 Å². The van der Waals surface area contributed by atoms with E-state index in [2.05, 4.69) is 10.2 Å². The average molecular weight is 217 g/mol. The summed E-state index contributed by atoms with van der Waals surface area (Å²) in [6, 6.07) is 3.76. The molecular formula is C12H15N3O. The second-order valence-electron chi connectivity index (χ2n) is 4.07. The lowest BCUT2D eigenvalue weighted by Gasteiger charge is -2.11. The second-order valence-corrected chi connectivity index (χ2v) is 4.07. The number of aryl methyl sites for hydroxylation is 2. The van der Waals surface area contributed by atoms with Crippen LogP contribution in [0.15, 0.2) is 12.1 Å². The number of anilines is 1. The Morgan fingerprint density at radius 3 is 2.44 bits per heavy atom. The molecule has 84 valence electrons. The third-order valence-electron chi connectivity index (χ3n) is 2.88. The van der Waals surface area contributed by atoms with Crippen LogP contribution in [0.1, 0.15) is 16.7 Å². The minimum atomic E-state index is 0.293. The highest BCUT2D eigenvalue weighted by Gasteiger charge is 2.14. The summed E-state index contributed by atoms with van der Waals surface area (Å²) >= 11 is 0. The number of nitrogens with zero attached hydrogens (tertiary/aromatic N) is 1. The van der Waals surface area contributed by atoms with E-state index >= 15 is 0 Å². The lowest BCUT2D eigenvalue weighted by molar-refractivity contribution is 0.472. The van der Waals surface area contributed by atoms with Gasteiger partial charge in [0.1, 0.15) is 11.6 Å². The molecule has 0 unspecified atom stereocenters. The summed E-state index contributed by atoms with van der Waals surface area (Å²) in [6.45, 7) is 5.83. The van der Waals surface area contributed by atoms with Crippen LogP contribution in [0, 0.1) is 20.8 Å². The summed E-state index contributed by atoms with van der Waals surface area (Å²) in [7, 11) is 0. The van der Waals surface area contributed by atoms with Crippen molar-refractivity contribution in [2.75, 3.05) is 5.73 Å². The standard InChI is InChI=1S/C12H15N3O/c1-6-4-7(2)11(12(16)8(6)3)9-5-10(13)15-14-9/h4-5,16H,1-3H3,(H3,13,14,15). The Labute approximate surface area is 94.1 Å². The van der Waals surface area contributed by atoms with Crippen LogP contribution in [-0.4, -0.2) is 15.3 Å². The van der Waals surface area contributed by atoms with Crippen LogP contribution in [0.5, 0.6) is 5.75 Å². The monoisotopic (exact) mass is 217 g/mol. The zero-order chi connectivity index (χ0) is 11.9. The summed E-state index contributed by atoms with van der Waals surface area (Å²) in [5.74, 6) is 0.716. The van der Waals surface area contributed by atoms with E-state index in [4.69, 9.17) is 5.73 Å². The molecular weight excluding hydrogens is 202 g/mol. The molecule has 1 aromatic heterocycles. The number of hydrogen-bond donors (Lipinski definition) is 3. The predicted octanol–water partition coefficient (Wildman–Crippen LogP) is 2.29. The lowest BCUT2D eigenvalue weighted by atomic mass is 9.97. The molecule has 1 aromatic carbocycles. The Kier molecular flexibility index (Phi) is 2.34. The Hall–Kier alpha value is -1.97. The predicted molar refractivity (Wildman–Crippen MR) is 64.3 cm³/mol. The van der Waals surface area contributed by atoms with Gasteiger partial charge in [0.25, 0.3) is 0 Å². The maximum atomic E-state index is 10.1. The molecule has 0 amide bonds. The number of benzene rings is 1. The number of rotatable bonds is 1.